The van der Waals surface area contributed by atoms with E-state index in [1.165, 1.54) is 12.1 Å². The average molecular weight is 228 g/mol. The van der Waals surface area contributed by atoms with E-state index in [1.54, 1.807) is 25.1 Å². The SMILES string of the molecule is Cc1cccc(NC(C)(C#N)C(F)(F)F)c1. The first-order chi connectivity index (χ1) is 7.28. The van der Waals surface area contributed by atoms with Crippen LogP contribution in [0.3, 0.4) is 0 Å². The van der Waals surface area contributed by atoms with Crippen molar-refractivity contribution in [2.45, 2.75) is 25.6 Å². The molecule has 0 aromatic heterocycles. The third kappa shape index (κ3) is 2.45. The number of alkyl halides is 3. The van der Waals surface area contributed by atoms with Gasteiger partial charge in [-0.1, -0.05) is 12.1 Å². The topological polar surface area (TPSA) is 35.8 Å². The minimum Gasteiger partial charge on any atom is -0.360 e. The molecular weight excluding hydrogens is 217 g/mol. The van der Waals surface area contributed by atoms with Crippen LogP contribution in [0.2, 0.25) is 0 Å². The van der Waals surface area contributed by atoms with Crippen molar-refractivity contribution in [3.8, 4) is 6.07 Å². The standard InChI is InChI=1S/C11H11F3N2/c1-8-4-3-5-9(6-8)16-10(2,7-15)11(12,13)14/h3-6,16H,1-2H3. The molecule has 1 unspecified atom stereocenters. The molecule has 0 spiro atoms. The van der Waals surface area contributed by atoms with Crippen molar-refractivity contribution < 1.29 is 13.2 Å². The van der Waals surface area contributed by atoms with Gasteiger partial charge in [0, 0.05) is 5.69 Å². The summed E-state index contributed by atoms with van der Waals surface area (Å²) in [5, 5.41) is 10.8. The summed E-state index contributed by atoms with van der Waals surface area (Å²) in [6.07, 6.45) is -4.62. The van der Waals surface area contributed by atoms with Crippen LogP contribution in [0.15, 0.2) is 24.3 Å². The molecule has 5 heteroatoms. The minimum absolute atomic E-state index is 0.279. The molecule has 1 atom stereocenters. The van der Waals surface area contributed by atoms with Crippen LogP contribution in [-0.2, 0) is 0 Å². The highest BCUT2D eigenvalue weighted by molar-refractivity contribution is 5.49. The Morgan fingerprint density at radius 1 is 1.31 bits per heavy atom. The summed E-state index contributed by atoms with van der Waals surface area (Å²) in [6, 6.07) is 7.70. The predicted molar refractivity (Wildman–Crippen MR) is 54.9 cm³/mol. The maximum atomic E-state index is 12.6. The highest BCUT2D eigenvalue weighted by Crippen LogP contribution is 2.32. The normalized spacial score (nSPS) is 15.0. The van der Waals surface area contributed by atoms with Gasteiger partial charge in [-0.05, 0) is 31.5 Å². The molecule has 1 rings (SSSR count). The second-order valence-electron chi connectivity index (χ2n) is 3.73. The number of halogens is 3. The Hall–Kier alpha value is -1.70. The molecule has 0 saturated heterocycles. The quantitative estimate of drug-likeness (QED) is 0.843. The fraction of sp³-hybridized carbons (Fsp3) is 0.364. The van der Waals surface area contributed by atoms with Gasteiger partial charge < -0.3 is 5.32 Å². The van der Waals surface area contributed by atoms with E-state index in [0.717, 1.165) is 12.5 Å². The zero-order valence-corrected chi connectivity index (χ0v) is 8.89. The summed E-state index contributed by atoms with van der Waals surface area (Å²) in [7, 11) is 0. The summed E-state index contributed by atoms with van der Waals surface area (Å²) in [5.41, 5.74) is -1.46. The van der Waals surface area contributed by atoms with Crippen LogP contribution in [0, 0.1) is 18.3 Å². The molecule has 0 aliphatic carbocycles. The van der Waals surface area contributed by atoms with Gasteiger partial charge in [0.05, 0.1) is 0 Å². The Kier molecular flexibility index (Phi) is 3.13. The number of hydrogen-bond donors (Lipinski definition) is 1. The number of nitriles is 1. The van der Waals surface area contributed by atoms with Crippen LogP contribution < -0.4 is 5.32 Å². The van der Waals surface area contributed by atoms with E-state index >= 15 is 0 Å². The van der Waals surface area contributed by atoms with E-state index in [4.69, 9.17) is 5.26 Å². The van der Waals surface area contributed by atoms with Crippen LogP contribution in [-0.4, -0.2) is 11.7 Å². The maximum absolute atomic E-state index is 12.6. The van der Waals surface area contributed by atoms with Crippen molar-refractivity contribution in [2.24, 2.45) is 0 Å². The Morgan fingerprint density at radius 3 is 2.38 bits per heavy atom. The van der Waals surface area contributed by atoms with Crippen LogP contribution in [0.25, 0.3) is 0 Å². The van der Waals surface area contributed by atoms with E-state index in [1.807, 2.05) is 0 Å². The van der Waals surface area contributed by atoms with Crippen molar-refractivity contribution in [1.29, 1.82) is 5.26 Å². The molecule has 1 aromatic rings. The van der Waals surface area contributed by atoms with Gasteiger partial charge in [0.2, 0.25) is 5.54 Å². The lowest BCUT2D eigenvalue weighted by Gasteiger charge is -2.27. The lowest BCUT2D eigenvalue weighted by atomic mass is 10.0. The van der Waals surface area contributed by atoms with Gasteiger partial charge in [-0.2, -0.15) is 18.4 Å². The summed E-state index contributed by atoms with van der Waals surface area (Å²) in [4.78, 5) is 0. The number of aryl methyl sites for hydroxylation is 1. The molecule has 2 nitrogen and oxygen atoms in total. The summed E-state index contributed by atoms with van der Waals surface area (Å²) in [6.45, 7) is 2.58. The fourth-order valence-electron chi connectivity index (χ4n) is 1.17. The number of anilines is 1. The summed E-state index contributed by atoms with van der Waals surface area (Å²) in [5.74, 6) is 0. The number of rotatable bonds is 2. The zero-order chi connectivity index (χ0) is 12.4. The number of nitrogens with one attached hydrogen (secondary N) is 1. The predicted octanol–water partition coefficient (Wildman–Crippen LogP) is 3.25. The fourth-order valence-corrected chi connectivity index (χ4v) is 1.17. The van der Waals surface area contributed by atoms with Gasteiger partial charge in [-0.25, -0.2) is 0 Å². The molecule has 0 amide bonds. The third-order valence-electron chi connectivity index (χ3n) is 2.20. The molecule has 0 aliphatic heterocycles. The molecule has 16 heavy (non-hydrogen) atoms. The maximum Gasteiger partial charge on any atom is 0.424 e. The lowest BCUT2D eigenvalue weighted by molar-refractivity contribution is -0.158. The van der Waals surface area contributed by atoms with Crippen molar-refractivity contribution in [2.75, 3.05) is 5.32 Å². The van der Waals surface area contributed by atoms with Gasteiger partial charge in [-0.15, -0.1) is 0 Å². The highest BCUT2D eigenvalue weighted by Gasteiger charge is 2.52. The molecule has 0 heterocycles. The Labute approximate surface area is 91.7 Å². The van der Waals surface area contributed by atoms with E-state index in [0.29, 0.717) is 0 Å². The van der Waals surface area contributed by atoms with Crippen LogP contribution in [0.5, 0.6) is 0 Å². The molecule has 0 fully saturated rings. The van der Waals surface area contributed by atoms with Crippen molar-refractivity contribution in [1.82, 2.24) is 0 Å². The van der Waals surface area contributed by atoms with Gasteiger partial charge in [0.15, 0.2) is 0 Å². The zero-order valence-electron chi connectivity index (χ0n) is 8.89. The Morgan fingerprint density at radius 2 is 1.94 bits per heavy atom. The molecule has 1 aromatic carbocycles. The van der Waals surface area contributed by atoms with Crippen LogP contribution in [0.1, 0.15) is 12.5 Å². The van der Waals surface area contributed by atoms with Gasteiger partial charge in [0.1, 0.15) is 6.07 Å². The minimum atomic E-state index is -4.62. The molecule has 0 bridgehead atoms. The number of benzene rings is 1. The first kappa shape index (κ1) is 12.4. The summed E-state index contributed by atoms with van der Waals surface area (Å²) < 4.78 is 37.8. The van der Waals surface area contributed by atoms with E-state index < -0.39 is 11.7 Å². The second-order valence-corrected chi connectivity index (χ2v) is 3.73. The monoisotopic (exact) mass is 228 g/mol. The van der Waals surface area contributed by atoms with Gasteiger partial charge >= 0.3 is 6.18 Å². The molecule has 0 aliphatic rings. The van der Waals surface area contributed by atoms with E-state index in [2.05, 4.69) is 5.32 Å². The highest BCUT2D eigenvalue weighted by atomic mass is 19.4. The molecule has 0 saturated carbocycles. The van der Waals surface area contributed by atoms with E-state index in [-0.39, 0.29) is 5.69 Å². The van der Waals surface area contributed by atoms with Crippen molar-refractivity contribution in [3.05, 3.63) is 29.8 Å². The third-order valence-corrected chi connectivity index (χ3v) is 2.20. The van der Waals surface area contributed by atoms with Crippen LogP contribution in [0.4, 0.5) is 18.9 Å². The Balaban J connectivity index is 3.00. The van der Waals surface area contributed by atoms with Gasteiger partial charge in [-0.3, -0.25) is 0 Å². The molecule has 0 radical (unpaired) electrons. The smallest absolute Gasteiger partial charge is 0.360 e. The molecular formula is C11H11F3N2. The largest absolute Gasteiger partial charge is 0.424 e. The Bertz CT molecular complexity index is 420. The van der Waals surface area contributed by atoms with Crippen molar-refractivity contribution in [3.63, 3.8) is 0 Å². The summed E-state index contributed by atoms with van der Waals surface area (Å²) >= 11 is 0. The van der Waals surface area contributed by atoms with E-state index in [9.17, 15) is 13.2 Å². The van der Waals surface area contributed by atoms with Gasteiger partial charge in [0.25, 0.3) is 0 Å². The molecule has 86 valence electrons. The number of nitrogens with zero attached hydrogens (tertiary/aromatic N) is 1. The second kappa shape index (κ2) is 4.05. The number of hydrogen-bond acceptors (Lipinski definition) is 2. The first-order valence-corrected chi connectivity index (χ1v) is 4.61. The van der Waals surface area contributed by atoms with Crippen LogP contribution >= 0.6 is 0 Å². The first-order valence-electron chi connectivity index (χ1n) is 4.61. The lowest BCUT2D eigenvalue weighted by Crippen LogP contribution is -2.47. The van der Waals surface area contributed by atoms with Crippen molar-refractivity contribution >= 4 is 5.69 Å². The average Bonchev–Trinajstić information content (AvgIpc) is 2.15. The molecule has 1 N–H and O–H groups in total.